The molecule has 0 spiro atoms. The van der Waals surface area contributed by atoms with Gasteiger partial charge in [0.25, 0.3) is 0 Å². The first-order chi connectivity index (χ1) is 7.63. The Morgan fingerprint density at radius 3 is 2.69 bits per heavy atom. The first-order valence-corrected chi connectivity index (χ1v) is 5.61. The van der Waals surface area contributed by atoms with Crippen molar-refractivity contribution in [3.8, 4) is 11.3 Å². The van der Waals surface area contributed by atoms with E-state index in [1.807, 2.05) is 6.92 Å². The van der Waals surface area contributed by atoms with Gasteiger partial charge >= 0.3 is 0 Å². The number of nitrogens with zero attached hydrogens (tertiary/aromatic N) is 1. The summed E-state index contributed by atoms with van der Waals surface area (Å²) in [4.78, 5) is 0. The van der Waals surface area contributed by atoms with Crippen LogP contribution in [0.4, 0.5) is 8.78 Å². The second-order valence-corrected chi connectivity index (χ2v) is 4.14. The molecule has 16 heavy (non-hydrogen) atoms. The molecule has 0 aliphatic rings. The van der Waals surface area contributed by atoms with Gasteiger partial charge in [0.15, 0.2) is 0 Å². The summed E-state index contributed by atoms with van der Waals surface area (Å²) in [5.41, 5.74) is 1.64. The van der Waals surface area contributed by atoms with Crippen LogP contribution in [-0.2, 0) is 6.42 Å². The maximum Gasteiger partial charge on any atom is 0.135 e. The quantitative estimate of drug-likeness (QED) is 0.896. The fourth-order valence-electron chi connectivity index (χ4n) is 1.46. The van der Waals surface area contributed by atoms with Crippen molar-refractivity contribution in [2.24, 2.45) is 0 Å². The average molecular weight is 287 g/mol. The molecule has 1 heterocycles. The fraction of sp³-hybridized carbons (Fsp3) is 0.182. The SMILES string of the molecule is CCc1[nH]nc(-c2ccc(F)cc2F)c1Br. The van der Waals surface area contributed by atoms with Crippen LogP contribution >= 0.6 is 15.9 Å². The van der Waals surface area contributed by atoms with Crippen molar-refractivity contribution in [3.05, 3.63) is 40.0 Å². The number of nitrogens with one attached hydrogen (secondary N) is 1. The smallest absolute Gasteiger partial charge is 0.135 e. The lowest BCUT2D eigenvalue weighted by Crippen LogP contribution is -1.87. The average Bonchev–Trinajstić information content (AvgIpc) is 2.60. The lowest BCUT2D eigenvalue weighted by atomic mass is 10.1. The van der Waals surface area contributed by atoms with E-state index < -0.39 is 11.6 Å². The number of H-pyrrole nitrogens is 1. The Morgan fingerprint density at radius 1 is 1.38 bits per heavy atom. The Hall–Kier alpha value is -1.23. The minimum absolute atomic E-state index is 0.282. The number of aromatic nitrogens is 2. The van der Waals surface area contributed by atoms with E-state index in [0.29, 0.717) is 5.69 Å². The molecular formula is C11H9BrF2N2. The summed E-state index contributed by atoms with van der Waals surface area (Å²) in [6, 6.07) is 3.44. The highest BCUT2D eigenvalue weighted by Crippen LogP contribution is 2.30. The third-order valence-corrected chi connectivity index (χ3v) is 3.17. The number of aromatic amines is 1. The molecule has 1 aromatic heterocycles. The summed E-state index contributed by atoms with van der Waals surface area (Å²) in [5.74, 6) is -1.21. The third kappa shape index (κ3) is 1.87. The highest BCUT2D eigenvalue weighted by atomic mass is 79.9. The summed E-state index contributed by atoms with van der Waals surface area (Å²) < 4.78 is 27.0. The predicted molar refractivity (Wildman–Crippen MR) is 61.0 cm³/mol. The molecule has 1 N–H and O–H groups in total. The van der Waals surface area contributed by atoms with E-state index in [9.17, 15) is 8.78 Å². The van der Waals surface area contributed by atoms with Crippen LogP contribution in [0.3, 0.4) is 0 Å². The van der Waals surface area contributed by atoms with Gasteiger partial charge in [-0.05, 0) is 34.5 Å². The molecule has 0 atom stereocenters. The summed E-state index contributed by atoms with van der Waals surface area (Å²) in [6.07, 6.45) is 0.760. The number of rotatable bonds is 2. The molecule has 5 heteroatoms. The van der Waals surface area contributed by atoms with Crippen LogP contribution in [0.2, 0.25) is 0 Å². The van der Waals surface area contributed by atoms with Crippen LogP contribution in [0.15, 0.2) is 22.7 Å². The van der Waals surface area contributed by atoms with Crippen molar-refractivity contribution in [1.29, 1.82) is 0 Å². The second kappa shape index (κ2) is 4.33. The molecule has 1 aromatic carbocycles. The van der Waals surface area contributed by atoms with E-state index in [4.69, 9.17) is 0 Å². The molecule has 0 aliphatic heterocycles. The Kier molecular flexibility index (Phi) is 3.05. The number of aryl methyl sites for hydroxylation is 1. The van der Waals surface area contributed by atoms with Gasteiger partial charge in [-0.2, -0.15) is 5.10 Å². The first-order valence-electron chi connectivity index (χ1n) is 4.81. The Balaban J connectivity index is 2.54. The van der Waals surface area contributed by atoms with Gasteiger partial charge in [0.05, 0.1) is 4.47 Å². The maximum absolute atomic E-state index is 13.5. The minimum atomic E-state index is -0.616. The van der Waals surface area contributed by atoms with Crippen LogP contribution in [-0.4, -0.2) is 10.2 Å². The highest BCUT2D eigenvalue weighted by Gasteiger charge is 2.15. The largest absolute Gasteiger partial charge is 0.281 e. The lowest BCUT2D eigenvalue weighted by molar-refractivity contribution is 0.585. The summed E-state index contributed by atoms with van der Waals surface area (Å²) in [5, 5.41) is 6.82. The molecular weight excluding hydrogens is 278 g/mol. The number of hydrogen-bond acceptors (Lipinski definition) is 1. The van der Waals surface area contributed by atoms with Gasteiger partial charge in [-0.15, -0.1) is 0 Å². The topological polar surface area (TPSA) is 28.7 Å². The van der Waals surface area contributed by atoms with Crippen molar-refractivity contribution >= 4 is 15.9 Å². The molecule has 0 fully saturated rings. The van der Waals surface area contributed by atoms with Crippen LogP contribution in [0.25, 0.3) is 11.3 Å². The zero-order valence-corrected chi connectivity index (χ0v) is 10.1. The van der Waals surface area contributed by atoms with Gasteiger partial charge in [0, 0.05) is 17.3 Å². The molecule has 2 rings (SSSR count). The van der Waals surface area contributed by atoms with E-state index in [-0.39, 0.29) is 5.56 Å². The van der Waals surface area contributed by atoms with Gasteiger partial charge < -0.3 is 0 Å². The monoisotopic (exact) mass is 286 g/mol. The van der Waals surface area contributed by atoms with E-state index in [1.54, 1.807) is 0 Å². The summed E-state index contributed by atoms with van der Waals surface area (Å²) in [7, 11) is 0. The summed E-state index contributed by atoms with van der Waals surface area (Å²) >= 11 is 3.35. The van der Waals surface area contributed by atoms with E-state index >= 15 is 0 Å². The maximum atomic E-state index is 13.5. The van der Waals surface area contributed by atoms with Crippen LogP contribution in [0.5, 0.6) is 0 Å². The molecule has 0 radical (unpaired) electrons. The number of halogens is 3. The molecule has 0 unspecified atom stereocenters. The van der Waals surface area contributed by atoms with Gasteiger partial charge in [-0.25, -0.2) is 8.78 Å². The van der Waals surface area contributed by atoms with Crippen LogP contribution in [0, 0.1) is 11.6 Å². The lowest BCUT2D eigenvalue weighted by Gasteiger charge is -2.00. The normalized spacial score (nSPS) is 10.8. The van der Waals surface area contributed by atoms with Crippen molar-refractivity contribution in [2.45, 2.75) is 13.3 Å². The van der Waals surface area contributed by atoms with Gasteiger partial charge in [0.2, 0.25) is 0 Å². The Labute approximate surface area is 99.8 Å². The molecule has 2 aromatic rings. The predicted octanol–water partition coefficient (Wildman–Crippen LogP) is 3.68. The zero-order chi connectivity index (χ0) is 11.7. The standard InChI is InChI=1S/C11H9BrF2N2/c1-2-9-10(12)11(16-15-9)7-4-3-6(13)5-8(7)14/h3-5H,2H2,1H3,(H,15,16). The number of hydrogen-bond donors (Lipinski definition) is 1. The van der Waals surface area contributed by atoms with Crippen molar-refractivity contribution < 1.29 is 8.78 Å². The van der Waals surface area contributed by atoms with Crippen molar-refractivity contribution in [2.75, 3.05) is 0 Å². The third-order valence-electron chi connectivity index (χ3n) is 2.32. The molecule has 0 aliphatic carbocycles. The molecule has 0 bridgehead atoms. The zero-order valence-electron chi connectivity index (χ0n) is 8.52. The summed E-state index contributed by atoms with van der Waals surface area (Å²) in [6.45, 7) is 1.96. The van der Waals surface area contributed by atoms with Crippen LogP contribution in [0.1, 0.15) is 12.6 Å². The van der Waals surface area contributed by atoms with Crippen LogP contribution < -0.4 is 0 Å². The molecule has 0 saturated heterocycles. The highest BCUT2D eigenvalue weighted by molar-refractivity contribution is 9.10. The molecule has 0 saturated carbocycles. The number of benzene rings is 1. The second-order valence-electron chi connectivity index (χ2n) is 3.34. The molecule has 2 nitrogen and oxygen atoms in total. The van der Waals surface area contributed by atoms with E-state index in [1.165, 1.54) is 12.1 Å². The minimum Gasteiger partial charge on any atom is -0.281 e. The Morgan fingerprint density at radius 2 is 2.12 bits per heavy atom. The molecule has 0 amide bonds. The molecule has 84 valence electrons. The van der Waals surface area contributed by atoms with E-state index in [2.05, 4.69) is 26.1 Å². The van der Waals surface area contributed by atoms with E-state index in [0.717, 1.165) is 22.7 Å². The van der Waals surface area contributed by atoms with Gasteiger partial charge in [-0.3, -0.25) is 5.10 Å². The van der Waals surface area contributed by atoms with Gasteiger partial charge in [-0.1, -0.05) is 6.92 Å². The first kappa shape index (κ1) is 11.3. The Bertz CT molecular complexity index is 523. The van der Waals surface area contributed by atoms with Crippen molar-refractivity contribution in [1.82, 2.24) is 10.2 Å². The fourth-order valence-corrected chi connectivity index (χ4v) is 2.13. The van der Waals surface area contributed by atoms with Crippen molar-refractivity contribution in [3.63, 3.8) is 0 Å². The van der Waals surface area contributed by atoms with Gasteiger partial charge in [0.1, 0.15) is 17.3 Å².